The van der Waals surface area contributed by atoms with Crippen LogP contribution < -0.4 is 0 Å². The van der Waals surface area contributed by atoms with Crippen LogP contribution in [0.5, 0.6) is 0 Å². The maximum Gasteiger partial charge on any atom is 0.327 e. The van der Waals surface area contributed by atoms with E-state index < -0.39 is 12.0 Å². The summed E-state index contributed by atoms with van der Waals surface area (Å²) < 4.78 is 0. The molecule has 18 heavy (non-hydrogen) atoms. The Morgan fingerprint density at radius 3 is 2.67 bits per heavy atom. The van der Waals surface area contributed by atoms with Crippen LogP contribution >= 0.6 is 11.8 Å². The molecule has 0 saturated carbocycles. The number of amides is 1. The largest absolute Gasteiger partial charge is 0.480 e. The molecule has 1 aliphatic heterocycles. The number of carboxylic acids is 1. The Kier molecular flexibility index (Phi) is 3.91. The first-order valence-electron chi connectivity index (χ1n) is 5.73. The molecule has 1 amide bonds. The van der Waals surface area contributed by atoms with E-state index in [-0.39, 0.29) is 12.3 Å². The fourth-order valence-corrected chi connectivity index (χ4v) is 3.05. The second-order valence-corrected chi connectivity index (χ2v) is 5.38. The van der Waals surface area contributed by atoms with Gasteiger partial charge in [0.15, 0.2) is 0 Å². The standard InChI is InChI=1S/C13H15NO3S/c1-9-2-4-10(5-3-9)6-12(15)14-8-18-7-11(14)13(16)17/h2-5,11H,6-8H2,1H3,(H,16,17)/t11-/m0/s1. The highest BCUT2D eigenvalue weighted by Gasteiger charge is 2.34. The topological polar surface area (TPSA) is 57.6 Å². The molecule has 1 aliphatic rings. The van der Waals surface area contributed by atoms with Gasteiger partial charge in [0.1, 0.15) is 6.04 Å². The Hall–Kier alpha value is -1.49. The second-order valence-electron chi connectivity index (χ2n) is 4.38. The number of thioether (sulfide) groups is 1. The van der Waals surface area contributed by atoms with E-state index >= 15 is 0 Å². The lowest BCUT2D eigenvalue weighted by molar-refractivity contribution is -0.147. The monoisotopic (exact) mass is 265 g/mol. The molecule has 1 N–H and O–H groups in total. The molecule has 0 aliphatic carbocycles. The number of hydrogen-bond acceptors (Lipinski definition) is 3. The quantitative estimate of drug-likeness (QED) is 0.900. The Balaban J connectivity index is 2.03. The first kappa shape index (κ1) is 13.0. The molecule has 4 nitrogen and oxygen atoms in total. The molecule has 96 valence electrons. The van der Waals surface area contributed by atoms with Crippen LogP contribution in [0.4, 0.5) is 0 Å². The molecule has 1 aromatic rings. The summed E-state index contributed by atoms with van der Waals surface area (Å²) in [7, 11) is 0. The summed E-state index contributed by atoms with van der Waals surface area (Å²) in [4.78, 5) is 24.5. The van der Waals surface area contributed by atoms with Gasteiger partial charge >= 0.3 is 5.97 Å². The normalized spacial score (nSPS) is 18.9. The van der Waals surface area contributed by atoms with Gasteiger partial charge in [0, 0.05) is 5.75 Å². The molecule has 1 saturated heterocycles. The molecule has 1 heterocycles. The smallest absolute Gasteiger partial charge is 0.327 e. The Morgan fingerprint density at radius 1 is 1.39 bits per heavy atom. The van der Waals surface area contributed by atoms with E-state index in [1.165, 1.54) is 16.7 Å². The lowest BCUT2D eigenvalue weighted by Crippen LogP contribution is -2.42. The summed E-state index contributed by atoms with van der Waals surface area (Å²) in [6, 6.07) is 7.05. The van der Waals surface area contributed by atoms with Gasteiger partial charge in [0.25, 0.3) is 0 Å². The van der Waals surface area contributed by atoms with Gasteiger partial charge in [0.2, 0.25) is 5.91 Å². The predicted molar refractivity (Wildman–Crippen MR) is 70.5 cm³/mol. The minimum absolute atomic E-state index is 0.115. The predicted octanol–water partition coefficient (Wildman–Crippen LogP) is 1.52. The maximum atomic E-state index is 12.1. The molecular formula is C13H15NO3S. The zero-order valence-electron chi connectivity index (χ0n) is 10.1. The van der Waals surface area contributed by atoms with Crippen molar-refractivity contribution in [2.24, 2.45) is 0 Å². The van der Waals surface area contributed by atoms with Crippen molar-refractivity contribution in [2.75, 3.05) is 11.6 Å². The summed E-state index contributed by atoms with van der Waals surface area (Å²) in [5.41, 5.74) is 2.07. The number of nitrogens with zero attached hydrogens (tertiary/aromatic N) is 1. The number of rotatable bonds is 3. The Bertz CT molecular complexity index is 458. The maximum absolute atomic E-state index is 12.1. The van der Waals surface area contributed by atoms with Crippen LogP contribution in [0.2, 0.25) is 0 Å². The molecule has 0 aromatic heterocycles. The third-order valence-electron chi connectivity index (χ3n) is 2.96. The molecule has 1 aromatic carbocycles. The van der Waals surface area contributed by atoms with Crippen molar-refractivity contribution in [1.82, 2.24) is 4.90 Å². The highest BCUT2D eigenvalue weighted by molar-refractivity contribution is 7.99. The molecule has 1 fully saturated rings. The molecular weight excluding hydrogens is 250 g/mol. The Morgan fingerprint density at radius 2 is 2.06 bits per heavy atom. The van der Waals surface area contributed by atoms with Gasteiger partial charge in [-0.1, -0.05) is 29.8 Å². The van der Waals surface area contributed by atoms with Crippen molar-refractivity contribution in [1.29, 1.82) is 0 Å². The van der Waals surface area contributed by atoms with E-state index in [1.54, 1.807) is 0 Å². The zero-order valence-corrected chi connectivity index (χ0v) is 10.9. The van der Waals surface area contributed by atoms with Gasteiger partial charge < -0.3 is 10.0 Å². The van der Waals surface area contributed by atoms with Crippen LogP contribution in [0.1, 0.15) is 11.1 Å². The van der Waals surface area contributed by atoms with Crippen LogP contribution in [0.3, 0.4) is 0 Å². The fraction of sp³-hybridized carbons (Fsp3) is 0.385. The minimum atomic E-state index is -0.919. The first-order chi connectivity index (χ1) is 8.58. The average Bonchev–Trinajstić information content (AvgIpc) is 2.81. The zero-order chi connectivity index (χ0) is 13.1. The van der Waals surface area contributed by atoms with E-state index in [1.807, 2.05) is 31.2 Å². The van der Waals surface area contributed by atoms with Crippen molar-refractivity contribution in [3.8, 4) is 0 Å². The van der Waals surface area contributed by atoms with Crippen molar-refractivity contribution in [3.63, 3.8) is 0 Å². The molecule has 0 spiro atoms. The minimum Gasteiger partial charge on any atom is -0.480 e. The van der Waals surface area contributed by atoms with Crippen molar-refractivity contribution in [3.05, 3.63) is 35.4 Å². The van der Waals surface area contributed by atoms with Gasteiger partial charge in [0.05, 0.1) is 12.3 Å². The molecule has 0 bridgehead atoms. The number of carbonyl (C=O) groups excluding carboxylic acids is 1. The van der Waals surface area contributed by atoms with Crippen molar-refractivity contribution in [2.45, 2.75) is 19.4 Å². The molecule has 5 heteroatoms. The summed E-state index contributed by atoms with van der Waals surface area (Å²) in [5.74, 6) is -0.0788. The number of benzene rings is 1. The number of carboxylic acid groups (broad SMARTS) is 1. The van der Waals surface area contributed by atoms with E-state index in [0.717, 1.165) is 11.1 Å². The van der Waals surface area contributed by atoms with Crippen molar-refractivity contribution < 1.29 is 14.7 Å². The second kappa shape index (κ2) is 5.44. The summed E-state index contributed by atoms with van der Waals surface area (Å²) in [5, 5.41) is 9.03. The van der Waals surface area contributed by atoms with Crippen molar-refractivity contribution >= 4 is 23.6 Å². The van der Waals surface area contributed by atoms with Gasteiger partial charge in [-0.2, -0.15) is 0 Å². The number of hydrogen-bond donors (Lipinski definition) is 1. The van der Waals surface area contributed by atoms with Crippen LogP contribution in [-0.2, 0) is 16.0 Å². The SMILES string of the molecule is Cc1ccc(CC(=O)N2CSC[C@H]2C(=O)O)cc1. The lowest BCUT2D eigenvalue weighted by Gasteiger charge is -2.20. The number of carbonyl (C=O) groups is 2. The highest BCUT2D eigenvalue weighted by atomic mass is 32.2. The number of aryl methyl sites for hydroxylation is 1. The van der Waals surface area contributed by atoms with Crippen LogP contribution in [0.25, 0.3) is 0 Å². The molecule has 2 rings (SSSR count). The van der Waals surface area contributed by atoms with E-state index in [2.05, 4.69) is 0 Å². The third kappa shape index (κ3) is 2.85. The van der Waals surface area contributed by atoms with E-state index in [0.29, 0.717) is 11.6 Å². The average molecular weight is 265 g/mol. The van der Waals surface area contributed by atoms with Crippen LogP contribution in [0.15, 0.2) is 24.3 Å². The molecule has 1 atom stereocenters. The molecule has 0 unspecified atom stereocenters. The third-order valence-corrected chi connectivity index (χ3v) is 3.98. The lowest BCUT2D eigenvalue weighted by atomic mass is 10.1. The van der Waals surface area contributed by atoms with Gasteiger partial charge in [-0.25, -0.2) is 4.79 Å². The molecule has 0 radical (unpaired) electrons. The van der Waals surface area contributed by atoms with Crippen LogP contribution in [-0.4, -0.2) is 39.6 Å². The summed E-state index contributed by atoms with van der Waals surface area (Å²) in [6.45, 7) is 1.99. The Labute approximate surface area is 110 Å². The first-order valence-corrected chi connectivity index (χ1v) is 6.89. The highest BCUT2D eigenvalue weighted by Crippen LogP contribution is 2.22. The van der Waals surface area contributed by atoms with E-state index in [9.17, 15) is 9.59 Å². The fourth-order valence-electron chi connectivity index (χ4n) is 1.88. The van der Waals surface area contributed by atoms with Crippen LogP contribution in [0, 0.1) is 6.92 Å². The van der Waals surface area contributed by atoms with Gasteiger partial charge in [-0.3, -0.25) is 4.79 Å². The van der Waals surface area contributed by atoms with Gasteiger partial charge in [-0.15, -0.1) is 11.8 Å². The number of aliphatic carboxylic acids is 1. The summed E-state index contributed by atoms with van der Waals surface area (Å²) in [6.07, 6.45) is 0.268. The van der Waals surface area contributed by atoms with Gasteiger partial charge in [-0.05, 0) is 12.5 Å². The summed E-state index contributed by atoms with van der Waals surface area (Å²) >= 11 is 1.48. The van der Waals surface area contributed by atoms with E-state index in [4.69, 9.17) is 5.11 Å².